The van der Waals surface area contributed by atoms with Crippen molar-refractivity contribution in [3.8, 4) is 6.01 Å². The molecule has 0 aliphatic carbocycles. The summed E-state index contributed by atoms with van der Waals surface area (Å²) in [5.74, 6) is 0.604. The van der Waals surface area contributed by atoms with E-state index in [1.54, 1.807) is 0 Å². The summed E-state index contributed by atoms with van der Waals surface area (Å²) in [6, 6.07) is 0.477. The summed E-state index contributed by atoms with van der Waals surface area (Å²) in [5.41, 5.74) is 1.20. The van der Waals surface area contributed by atoms with E-state index in [1.165, 1.54) is 6.42 Å². The van der Waals surface area contributed by atoms with Crippen LogP contribution in [0.1, 0.15) is 65.9 Å². The van der Waals surface area contributed by atoms with E-state index in [2.05, 4.69) is 56.7 Å². The molecule has 1 aromatic rings. The van der Waals surface area contributed by atoms with Gasteiger partial charge in [0.25, 0.3) is 0 Å². The first-order chi connectivity index (χ1) is 11.4. The molecular weight excluding hydrogens is 300 g/mol. The molecule has 0 atom stereocenters. The highest BCUT2D eigenvalue weighted by Gasteiger charge is 2.14. The molecule has 0 saturated heterocycles. The summed E-state index contributed by atoms with van der Waals surface area (Å²) in [7, 11) is 0. The fourth-order valence-electron chi connectivity index (χ4n) is 2.04. The van der Waals surface area contributed by atoms with Crippen molar-refractivity contribution in [2.45, 2.75) is 65.7 Å². The smallest absolute Gasteiger partial charge is 0.316 e. The third-order valence-corrected chi connectivity index (χ3v) is 3.57. The monoisotopic (exact) mass is 334 g/mol. The third kappa shape index (κ3) is 9.66. The molecule has 136 valence electrons. The summed E-state index contributed by atoms with van der Waals surface area (Å²) in [4.78, 5) is 8.55. The van der Waals surface area contributed by atoms with E-state index in [-0.39, 0.29) is 5.41 Å². The van der Waals surface area contributed by atoms with Crippen LogP contribution in [0.4, 0.5) is 0 Å². The van der Waals surface area contributed by atoms with Crippen molar-refractivity contribution in [1.29, 1.82) is 0 Å². The van der Waals surface area contributed by atoms with Crippen molar-refractivity contribution in [2.24, 2.45) is 5.92 Å². The topological polar surface area (TPSA) is 44.2 Å². The SMILES string of the molecule is CC(C)COC/C=C/CCCCCOc1ncc(C(C)(C)C)cn1. The molecule has 1 heterocycles. The quantitative estimate of drug-likeness (QED) is 0.424. The van der Waals surface area contributed by atoms with Crippen LogP contribution in [-0.2, 0) is 10.2 Å². The maximum absolute atomic E-state index is 5.60. The minimum Gasteiger partial charge on any atom is -0.463 e. The highest BCUT2D eigenvalue weighted by Crippen LogP contribution is 2.20. The maximum atomic E-state index is 5.60. The number of allylic oxidation sites excluding steroid dienone is 1. The first-order valence-electron chi connectivity index (χ1n) is 9.07. The molecule has 1 aromatic heterocycles. The molecule has 0 aliphatic rings. The number of unbranched alkanes of at least 4 members (excludes halogenated alkanes) is 3. The average Bonchev–Trinajstić information content (AvgIpc) is 2.52. The zero-order chi connectivity index (χ0) is 17.8. The van der Waals surface area contributed by atoms with Gasteiger partial charge in [0.2, 0.25) is 0 Å². The summed E-state index contributed by atoms with van der Waals surface area (Å²) < 4.78 is 11.1. The molecule has 0 bridgehead atoms. The lowest BCUT2D eigenvalue weighted by Crippen LogP contribution is -2.12. The van der Waals surface area contributed by atoms with Crippen LogP contribution in [0.5, 0.6) is 6.01 Å². The molecule has 0 radical (unpaired) electrons. The highest BCUT2D eigenvalue weighted by atomic mass is 16.5. The minimum absolute atomic E-state index is 0.0753. The second-order valence-corrected chi connectivity index (χ2v) is 7.60. The van der Waals surface area contributed by atoms with Gasteiger partial charge >= 0.3 is 6.01 Å². The van der Waals surface area contributed by atoms with Crippen LogP contribution < -0.4 is 4.74 Å². The van der Waals surface area contributed by atoms with Crippen LogP contribution in [0.3, 0.4) is 0 Å². The second-order valence-electron chi connectivity index (χ2n) is 7.60. The normalized spacial score (nSPS) is 12.2. The van der Waals surface area contributed by atoms with Gasteiger partial charge in [0.15, 0.2) is 0 Å². The van der Waals surface area contributed by atoms with Gasteiger partial charge in [0, 0.05) is 19.0 Å². The zero-order valence-corrected chi connectivity index (χ0v) is 16.0. The fraction of sp³-hybridized carbons (Fsp3) is 0.700. The first kappa shape index (κ1) is 20.6. The molecule has 0 aliphatic heterocycles. The fourth-order valence-corrected chi connectivity index (χ4v) is 2.04. The first-order valence-corrected chi connectivity index (χ1v) is 9.07. The molecule has 4 nitrogen and oxygen atoms in total. The molecule has 4 heteroatoms. The predicted octanol–water partition coefficient (Wildman–Crippen LogP) is 4.94. The van der Waals surface area contributed by atoms with Crippen molar-refractivity contribution in [1.82, 2.24) is 9.97 Å². The van der Waals surface area contributed by atoms with Gasteiger partial charge in [-0.15, -0.1) is 0 Å². The molecule has 0 spiro atoms. The lowest BCUT2D eigenvalue weighted by molar-refractivity contribution is 0.134. The number of nitrogens with zero attached hydrogens (tertiary/aromatic N) is 2. The Hall–Kier alpha value is -1.42. The third-order valence-electron chi connectivity index (χ3n) is 3.57. The Morgan fingerprint density at radius 3 is 2.38 bits per heavy atom. The van der Waals surface area contributed by atoms with Crippen molar-refractivity contribution in [3.05, 3.63) is 30.1 Å². The van der Waals surface area contributed by atoms with Gasteiger partial charge in [0.05, 0.1) is 13.2 Å². The van der Waals surface area contributed by atoms with Gasteiger partial charge in [-0.1, -0.05) is 46.8 Å². The predicted molar refractivity (Wildman–Crippen MR) is 99.5 cm³/mol. The van der Waals surface area contributed by atoms with Crippen molar-refractivity contribution in [3.63, 3.8) is 0 Å². The molecule has 0 aromatic carbocycles. The standard InChI is InChI=1S/C20H34N2O2/c1-17(2)16-23-12-10-8-6-7-9-11-13-24-19-21-14-18(15-22-19)20(3,4)5/h8,10,14-15,17H,6-7,9,11-13,16H2,1-5H3/b10-8+. The van der Waals surface area contributed by atoms with Crippen LogP contribution in [0.15, 0.2) is 24.5 Å². The lowest BCUT2D eigenvalue weighted by atomic mass is 9.89. The maximum Gasteiger partial charge on any atom is 0.316 e. The van der Waals surface area contributed by atoms with E-state index in [4.69, 9.17) is 9.47 Å². The van der Waals surface area contributed by atoms with Gasteiger partial charge in [-0.05, 0) is 42.6 Å². The van der Waals surface area contributed by atoms with E-state index >= 15 is 0 Å². The van der Waals surface area contributed by atoms with Crippen LogP contribution in [0, 0.1) is 5.92 Å². The number of hydrogen-bond acceptors (Lipinski definition) is 4. The Bertz CT molecular complexity index is 462. The minimum atomic E-state index is 0.0753. The van der Waals surface area contributed by atoms with E-state index in [0.717, 1.165) is 38.0 Å². The van der Waals surface area contributed by atoms with E-state index in [9.17, 15) is 0 Å². The molecule has 0 amide bonds. The number of rotatable bonds is 11. The Morgan fingerprint density at radius 2 is 1.75 bits per heavy atom. The van der Waals surface area contributed by atoms with Crippen LogP contribution in [-0.4, -0.2) is 29.8 Å². The lowest BCUT2D eigenvalue weighted by Gasteiger charge is -2.17. The molecule has 1 rings (SSSR count). The van der Waals surface area contributed by atoms with Gasteiger partial charge in [-0.25, -0.2) is 9.97 Å². The second kappa shape index (κ2) is 11.2. The Balaban J connectivity index is 2.03. The molecule has 0 fully saturated rings. The number of ether oxygens (including phenoxy) is 2. The molecular formula is C20H34N2O2. The van der Waals surface area contributed by atoms with E-state index < -0.39 is 0 Å². The van der Waals surface area contributed by atoms with Crippen molar-refractivity contribution >= 4 is 0 Å². The summed E-state index contributed by atoms with van der Waals surface area (Å²) in [6.07, 6.45) is 12.5. The molecule has 0 saturated carbocycles. The molecule has 0 N–H and O–H groups in total. The van der Waals surface area contributed by atoms with Gasteiger partial charge in [0.1, 0.15) is 0 Å². The van der Waals surface area contributed by atoms with Crippen molar-refractivity contribution < 1.29 is 9.47 Å². The van der Waals surface area contributed by atoms with E-state index in [0.29, 0.717) is 18.5 Å². The van der Waals surface area contributed by atoms with Crippen LogP contribution in [0.25, 0.3) is 0 Å². The average molecular weight is 335 g/mol. The Kier molecular flexibility index (Phi) is 9.62. The Labute approximate surface area is 147 Å². The van der Waals surface area contributed by atoms with Gasteiger partial charge in [-0.2, -0.15) is 0 Å². The molecule has 0 unspecified atom stereocenters. The van der Waals surface area contributed by atoms with Gasteiger partial charge in [-0.3, -0.25) is 0 Å². The summed E-state index contributed by atoms with van der Waals surface area (Å²) >= 11 is 0. The highest BCUT2D eigenvalue weighted by molar-refractivity contribution is 5.16. The summed E-state index contributed by atoms with van der Waals surface area (Å²) in [5, 5.41) is 0. The largest absolute Gasteiger partial charge is 0.463 e. The van der Waals surface area contributed by atoms with Crippen LogP contribution in [0.2, 0.25) is 0 Å². The zero-order valence-electron chi connectivity index (χ0n) is 16.0. The van der Waals surface area contributed by atoms with Crippen molar-refractivity contribution in [2.75, 3.05) is 19.8 Å². The van der Waals surface area contributed by atoms with Gasteiger partial charge < -0.3 is 9.47 Å². The number of aromatic nitrogens is 2. The van der Waals surface area contributed by atoms with Crippen LogP contribution >= 0.6 is 0 Å². The summed E-state index contributed by atoms with van der Waals surface area (Å²) in [6.45, 7) is 13.0. The molecule has 24 heavy (non-hydrogen) atoms. The Morgan fingerprint density at radius 1 is 1.04 bits per heavy atom. The van der Waals surface area contributed by atoms with E-state index in [1.807, 2.05) is 12.4 Å². The number of hydrogen-bond donors (Lipinski definition) is 0.